The Bertz CT molecular complexity index is 955. The highest BCUT2D eigenvalue weighted by molar-refractivity contribution is 7.13. The normalized spacial score (nSPS) is 14.2. The van der Waals surface area contributed by atoms with Gasteiger partial charge in [-0.15, -0.1) is 11.3 Å². The Morgan fingerprint density at radius 1 is 1.22 bits per heavy atom. The third kappa shape index (κ3) is 3.96. The number of thiazole rings is 1. The molecule has 1 saturated heterocycles. The first kappa shape index (κ1) is 17.6. The third-order valence-electron chi connectivity index (χ3n) is 4.30. The van der Waals surface area contributed by atoms with Gasteiger partial charge in [0.2, 0.25) is 0 Å². The van der Waals surface area contributed by atoms with Gasteiger partial charge in [0.25, 0.3) is 5.91 Å². The van der Waals surface area contributed by atoms with Gasteiger partial charge in [-0.05, 0) is 18.2 Å². The van der Waals surface area contributed by atoms with Crippen LogP contribution in [0.1, 0.15) is 10.5 Å². The van der Waals surface area contributed by atoms with Crippen LogP contribution in [0.25, 0.3) is 10.6 Å². The summed E-state index contributed by atoms with van der Waals surface area (Å²) in [6, 6.07) is 9.11. The maximum atomic E-state index is 13.4. The van der Waals surface area contributed by atoms with E-state index in [1.54, 1.807) is 5.38 Å². The van der Waals surface area contributed by atoms with Crippen LogP contribution in [0.3, 0.4) is 0 Å². The summed E-state index contributed by atoms with van der Waals surface area (Å²) in [6.07, 6.45) is 2.67. The smallest absolute Gasteiger partial charge is 0.275 e. The molecule has 3 aromatic rings. The molecule has 138 valence electrons. The lowest BCUT2D eigenvalue weighted by Crippen LogP contribution is -2.43. The van der Waals surface area contributed by atoms with Gasteiger partial charge in [-0.1, -0.05) is 12.1 Å². The minimum atomic E-state index is -0.432. The Balaban J connectivity index is 1.53. The van der Waals surface area contributed by atoms with Gasteiger partial charge in [0.05, 0.1) is 17.6 Å². The largest absolute Gasteiger partial charge is 0.367 e. The molecule has 1 fully saturated rings. The topological polar surface area (TPSA) is 70.2 Å². The average molecular weight is 383 g/mol. The van der Waals surface area contributed by atoms with E-state index in [0.29, 0.717) is 16.3 Å². The molecule has 4 rings (SSSR count). The number of benzene rings is 1. The Morgan fingerprint density at radius 3 is 2.85 bits per heavy atom. The average Bonchev–Trinajstić information content (AvgIpc) is 3.20. The summed E-state index contributed by atoms with van der Waals surface area (Å²) in [6.45, 7) is 3.61. The molecule has 0 atom stereocenters. The summed E-state index contributed by atoms with van der Waals surface area (Å²) in [5, 5.41) is 8.50. The van der Waals surface area contributed by atoms with Crippen LogP contribution in [-0.2, 0) is 0 Å². The molecule has 2 N–H and O–H groups in total. The van der Waals surface area contributed by atoms with Gasteiger partial charge < -0.3 is 15.5 Å². The highest BCUT2D eigenvalue weighted by Crippen LogP contribution is 2.28. The Kier molecular flexibility index (Phi) is 5.08. The molecule has 0 aliphatic carbocycles. The number of pyridine rings is 1. The molecule has 1 aliphatic rings. The van der Waals surface area contributed by atoms with Gasteiger partial charge in [0, 0.05) is 43.3 Å². The van der Waals surface area contributed by atoms with Crippen LogP contribution in [0.4, 0.5) is 15.8 Å². The lowest BCUT2D eigenvalue weighted by Gasteiger charge is -2.31. The molecule has 1 aliphatic heterocycles. The minimum absolute atomic E-state index is 0.288. The Hall–Kier alpha value is -2.84. The monoisotopic (exact) mass is 383 g/mol. The first-order valence-electron chi connectivity index (χ1n) is 8.63. The van der Waals surface area contributed by atoms with E-state index < -0.39 is 5.82 Å². The van der Waals surface area contributed by atoms with Gasteiger partial charge >= 0.3 is 0 Å². The summed E-state index contributed by atoms with van der Waals surface area (Å²) < 4.78 is 13.4. The molecule has 0 radical (unpaired) electrons. The number of piperazine rings is 1. The molecular weight excluding hydrogens is 365 g/mol. The van der Waals surface area contributed by atoms with E-state index in [9.17, 15) is 9.18 Å². The standard InChI is InChI=1S/C19H18FN5OS/c20-14-9-13(10-22-11-14)19-24-16(12-27-19)18(26)23-15-3-1-2-4-17(15)25-7-5-21-6-8-25/h1-4,9-12,21H,5-8H2,(H,23,26). The summed E-state index contributed by atoms with van der Waals surface area (Å²) in [5.41, 5.74) is 2.61. The number of para-hydroxylation sites is 2. The van der Waals surface area contributed by atoms with Crippen LogP contribution >= 0.6 is 11.3 Å². The van der Waals surface area contributed by atoms with Crippen molar-refractivity contribution in [3.05, 3.63) is 59.6 Å². The number of aromatic nitrogens is 2. The minimum Gasteiger partial charge on any atom is -0.367 e. The van der Waals surface area contributed by atoms with Gasteiger partial charge in [0.15, 0.2) is 0 Å². The first-order valence-corrected chi connectivity index (χ1v) is 9.51. The van der Waals surface area contributed by atoms with E-state index >= 15 is 0 Å². The number of nitrogens with one attached hydrogen (secondary N) is 2. The molecule has 2 aromatic heterocycles. The molecule has 0 spiro atoms. The second kappa shape index (κ2) is 7.81. The Labute approximate surface area is 160 Å². The van der Waals surface area contributed by atoms with Gasteiger partial charge in [0.1, 0.15) is 16.5 Å². The zero-order valence-electron chi connectivity index (χ0n) is 14.5. The lowest BCUT2D eigenvalue weighted by atomic mass is 10.2. The van der Waals surface area contributed by atoms with E-state index in [2.05, 4.69) is 25.5 Å². The number of hydrogen-bond donors (Lipinski definition) is 2. The fraction of sp³-hybridized carbons (Fsp3) is 0.211. The van der Waals surface area contributed by atoms with Gasteiger partial charge in [-0.25, -0.2) is 9.37 Å². The SMILES string of the molecule is O=C(Nc1ccccc1N1CCNCC1)c1csc(-c2cncc(F)c2)n1. The predicted molar refractivity (Wildman–Crippen MR) is 105 cm³/mol. The van der Waals surface area contributed by atoms with E-state index in [-0.39, 0.29) is 5.91 Å². The number of halogens is 1. The number of nitrogens with zero attached hydrogens (tertiary/aromatic N) is 3. The number of hydrogen-bond acceptors (Lipinski definition) is 6. The van der Waals surface area contributed by atoms with Crippen molar-refractivity contribution in [2.45, 2.75) is 0 Å². The number of rotatable bonds is 4. The quantitative estimate of drug-likeness (QED) is 0.725. The molecule has 0 saturated carbocycles. The van der Waals surface area contributed by atoms with Crippen LogP contribution in [0.2, 0.25) is 0 Å². The summed E-state index contributed by atoms with van der Waals surface area (Å²) in [4.78, 5) is 23.1. The van der Waals surface area contributed by atoms with Crippen molar-refractivity contribution >= 4 is 28.6 Å². The van der Waals surface area contributed by atoms with Crippen molar-refractivity contribution < 1.29 is 9.18 Å². The number of carbonyl (C=O) groups is 1. The molecule has 8 heteroatoms. The Morgan fingerprint density at radius 2 is 2.04 bits per heavy atom. The maximum Gasteiger partial charge on any atom is 0.275 e. The van der Waals surface area contributed by atoms with E-state index in [1.807, 2.05) is 24.3 Å². The van der Waals surface area contributed by atoms with Crippen LogP contribution in [-0.4, -0.2) is 42.1 Å². The fourth-order valence-electron chi connectivity index (χ4n) is 2.99. The summed E-state index contributed by atoms with van der Waals surface area (Å²) in [5.74, 6) is -0.719. The second-order valence-electron chi connectivity index (χ2n) is 6.14. The van der Waals surface area contributed by atoms with E-state index in [0.717, 1.165) is 43.8 Å². The van der Waals surface area contributed by atoms with Crippen LogP contribution in [0.15, 0.2) is 48.1 Å². The fourth-order valence-corrected chi connectivity index (χ4v) is 3.77. The third-order valence-corrected chi connectivity index (χ3v) is 5.19. The number of anilines is 2. The lowest BCUT2D eigenvalue weighted by molar-refractivity contribution is 0.102. The number of amides is 1. The molecule has 6 nitrogen and oxygen atoms in total. The molecule has 1 aromatic carbocycles. The van der Waals surface area contributed by atoms with Crippen LogP contribution in [0.5, 0.6) is 0 Å². The molecule has 0 bridgehead atoms. The van der Waals surface area contributed by atoms with Gasteiger partial charge in [-0.2, -0.15) is 0 Å². The molecule has 1 amide bonds. The first-order chi connectivity index (χ1) is 13.2. The molecule has 3 heterocycles. The van der Waals surface area contributed by atoms with Crippen molar-refractivity contribution in [2.24, 2.45) is 0 Å². The maximum absolute atomic E-state index is 13.4. The highest BCUT2D eigenvalue weighted by atomic mass is 32.1. The number of carbonyl (C=O) groups excluding carboxylic acids is 1. The molecule has 27 heavy (non-hydrogen) atoms. The van der Waals surface area contributed by atoms with E-state index in [1.165, 1.54) is 23.6 Å². The molecular formula is C19H18FN5OS. The van der Waals surface area contributed by atoms with Crippen molar-refractivity contribution in [3.8, 4) is 10.6 Å². The van der Waals surface area contributed by atoms with Crippen molar-refractivity contribution in [3.63, 3.8) is 0 Å². The second-order valence-corrected chi connectivity index (χ2v) is 7.00. The zero-order chi connectivity index (χ0) is 18.6. The molecule has 0 unspecified atom stereocenters. The zero-order valence-corrected chi connectivity index (χ0v) is 15.3. The van der Waals surface area contributed by atoms with Crippen molar-refractivity contribution in [1.29, 1.82) is 0 Å². The highest BCUT2D eigenvalue weighted by Gasteiger charge is 2.17. The van der Waals surface area contributed by atoms with Crippen molar-refractivity contribution in [1.82, 2.24) is 15.3 Å². The predicted octanol–water partition coefficient (Wildman–Crippen LogP) is 3.01. The summed E-state index contributed by atoms with van der Waals surface area (Å²) >= 11 is 1.29. The van der Waals surface area contributed by atoms with Gasteiger partial charge in [-0.3, -0.25) is 9.78 Å². The van der Waals surface area contributed by atoms with E-state index in [4.69, 9.17) is 0 Å². The van der Waals surface area contributed by atoms with Crippen LogP contribution in [0, 0.1) is 5.82 Å². The summed E-state index contributed by atoms with van der Waals surface area (Å²) in [7, 11) is 0. The van der Waals surface area contributed by atoms with Crippen molar-refractivity contribution in [2.75, 3.05) is 36.4 Å². The van der Waals surface area contributed by atoms with Crippen LogP contribution < -0.4 is 15.5 Å².